The van der Waals surface area contributed by atoms with Gasteiger partial charge in [0.1, 0.15) is 6.10 Å². The Labute approximate surface area is 209 Å². The molecule has 0 aromatic rings. The Morgan fingerprint density at radius 3 is 2.11 bits per heavy atom. The highest BCUT2D eigenvalue weighted by molar-refractivity contribution is 5.82. The van der Waals surface area contributed by atoms with Gasteiger partial charge in [0.2, 0.25) is 5.91 Å². The topological polar surface area (TPSA) is 117 Å². The van der Waals surface area contributed by atoms with Crippen LogP contribution in [0.3, 0.4) is 0 Å². The first-order valence-corrected chi connectivity index (χ1v) is 12.6. The van der Waals surface area contributed by atoms with E-state index >= 15 is 0 Å². The van der Waals surface area contributed by atoms with Crippen LogP contribution in [0.1, 0.15) is 92.9 Å². The first-order valence-electron chi connectivity index (χ1n) is 12.6. The van der Waals surface area contributed by atoms with Crippen molar-refractivity contribution in [2.45, 2.75) is 117 Å². The first kappa shape index (κ1) is 30.6. The number of nitrogens with one attached hydrogen (secondary N) is 1. The minimum Gasteiger partial charge on any atom is -0.460 e. The number of hydrogen-bond acceptors (Lipinski definition) is 8. The summed E-state index contributed by atoms with van der Waals surface area (Å²) < 4.78 is 23.2. The average molecular weight is 498 g/mol. The molecule has 35 heavy (non-hydrogen) atoms. The molecule has 9 heteroatoms. The quantitative estimate of drug-likeness (QED) is 0.231. The average Bonchev–Trinajstić information content (AvgIpc) is 2.74. The van der Waals surface area contributed by atoms with Gasteiger partial charge in [0.05, 0.1) is 18.6 Å². The summed E-state index contributed by atoms with van der Waals surface area (Å²) in [6.45, 7) is 14.3. The molecule has 1 heterocycles. The highest BCUT2D eigenvalue weighted by Crippen LogP contribution is 2.36. The van der Waals surface area contributed by atoms with E-state index in [-0.39, 0.29) is 44.6 Å². The van der Waals surface area contributed by atoms with E-state index in [4.69, 9.17) is 18.9 Å². The Hall–Kier alpha value is -2.42. The van der Waals surface area contributed by atoms with E-state index in [1.807, 2.05) is 20.8 Å². The lowest BCUT2D eigenvalue weighted by molar-refractivity contribution is -0.303. The van der Waals surface area contributed by atoms with Crippen molar-refractivity contribution in [2.24, 2.45) is 5.41 Å². The molecule has 1 amide bonds. The molecule has 1 rings (SSSR count). The molecular weight excluding hydrogens is 454 g/mol. The van der Waals surface area contributed by atoms with Gasteiger partial charge >= 0.3 is 17.9 Å². The number of carbonyl (C=O) groups excluding carboxylic acids is 4. The van der Waals surface area contributed by atoms with Crippen LogP contribution >= 0.6 is 0 Å². The van der Waals surface area contributed by atoms with Gasteiger partial charge in [-0.3, -0.25) is 19.2 Å². The monoisotopic (exact) mass is 497 g/mol. The minimum atomic E-state index is -1.66. The summed E-state index contributed by atoms with van der Waals surface area (Å²) in [6.07, 6.45) is 2.44. The Kier molecular flexibility index (Phi) is 12.4. The SMILES string of the molecule is C=CCC1OC(COC(=O)CCC)(OC(=O)CCC)CC(OC(=O)CCC)C1NC(=O)C(C)(C)C. The third-order valence-corrected chi connectivity index (χ3v) is 5.46. The number of rotatable bonds is 13. The van der Waals surface area contributed by atoms with Crippen molar-refractivity contribution in [1.82, 2.24) is 5.32 Å². The van der Waals surface area contributed by atoms with Crippen LogP contribution in [-0.4, -0.2) is 54.5 Å². The van der Waals surface area contributed by atoms with Gasteiger partial charge in [-0.1, -0.05) is 47.6 Å². The number of esters is 3. The van der Waals surface area contributed by atoms with Crippen LogP contribution in [0.25, 0.3) is 0 Å². The maximum Gasteiger partial charge on any atom is 0.308 e. The van der Waals surface area contributed by atoms with Crippen molar-refractivity contribution in [3.63, 3.8) is 0 Å². The van der Waals surface area contributed by atoms with Crippen LogP contribution in [-0.2, 0) is 38.1 Å². The number of carbonyl (C=O) groups is 4. The van der Waals surface area contributed by atoms with E-state index in [1.54, 1.807) is 26.8 Å². The molecule has 9 nitrogen and oxygen atoms in total. The van der Waals surface area contributed by atoms with Gasteiger partial charge in [-0.2, -0.15) is 0 Å². The molecule has 200 valence electrons. The Bertz CT molecular complexity index is 744. The van der Waals surface area contributed by atoms with E-state index in [0.29, 0.717) is 19.3 Å². The van der Waals surface area contributed by atoms with Crippen molar-refractivity contribution in [2.75, 3.05) is 6.61 Å². The largest absolute Gasteiger partial charge is 0.460 e. The Balaban J connectivity index is 3.40. The van der Waals surface area contributed by atoms with E-state index in [9.17, 15) is 19.2 Å². The predicted octanol–water partition coefficient (Wildman–Crippen LogP) is 3.98. The summed E-state index contributed by atoms with van der Waals surface area (Å²) in [5.74, 6) is -3.33. The van der Waals surface area contributed by atoms with E-state index < -0.39 is 47.4 Å². The second-order valence-electron chi connectivity index (χ2n) is 9.96. The van der Waals surface area contributed by atoms with Crippen LogP contribution in [0.2, 0.25) is 0 Å². The van der Waals surface area contributed by atoms with Crippen molar-refractivity contribution >= 4 is 23.8 Å². The molecule has 4 unspecified atom stereocenters. The van der Waals surface area contributed by atoms with Crippen LogP contribution < -0.4 is 5.32 Å². The molecular formula is C26H43NO8. The van der Waals surface area contributed by atoms with Gasteiger partial charge < -0.3 is 24.3 Å². The van der Waals surface area contributed by atoms with Crippen molar-refractivity contribution in [1.29, 1.82) is 0 Å². The molecule has 0 aliphatic carbocycles. The molecule has 0 spiro atoms. The highest BCUT2D eigenvalue weighted by Gasteiger charge is 2.52. The van der Waals surface area contributed by atoms with Crippen LogP contribution in [0, 0.1) is 5.41 Å². The summed E-state index contributed by atoms with van der Waals surface area (Å²) in [7, 11) is 0. The van der Waals surface area contributed by atoms with Crippen molar-refractivity contribution < 1.29 is 38.1 Å². The lowest BCUT2D eigenvalue weighted by Gasteiger charge is -2.47. The maximum absolute atomic E-state index is 12.9. The molecule has 1 fully saturated rings. The number of amides is 1. The zero-order valence-electron chi connectivity index (χ0n) is 22.1. The van der Waals surface area contributed by atoms with Gasteiger partial charge in [0.25, 0.3) is 5.79 Å². The summed E-state index contributed by atoms with van der Waals surface area (Å²) in [5, 5.41) is 2.96. The predicted molar refractivity (Wildman–Crippen MR) is 130 cm³/mol. The van der Waals surface area contributed by atoms with Crippen LogP contribution in [0.4, 0.5) is 0 Å². The standard InChI is InChI=1S/C26H43NO8/c1-8-12-18-23(27-24(31)25(5,6)7)19(33-21(29)14-10-3)16-26(34-18,35-22(30)15-11-4)17-32-20(28)13-9-2/h8,18-19,23H,1,9-17H2,2-7H3,(H,27,31). The second kappa shape index (κ2) is 14.2. The molecule has 1 saturated heterocycles. The van der Waals surface area contributed by atoms with Gasteiger partial charge in [-0.05, 0) is 25.7 Å². The molecule has 1 aliphatic heterocycles. The van der Waals surface area contributed by atoms with Gasteiger partial charge in [-0.25, -0.2) is 0 Å². The van der Waals surface area contributed by atoms with Gasteiger partial charge in [0, 0.05) is 24.7 Å². The second-order valence-corrected chi connectivity index (χ2v) is 9.96. The van der Waals surface area contributed by atoms with Crippen molar-refractivity contribution in [3.8, 4) is 0 Å². The molecule has 0 aromatic carbocycles. The summed E-state index contributed by atoms with van der Waals surface area (Å²) in [5.41, 5.74) is -0.700. The van der Waals surface area contributed by atoms with E-state index in [0.717, 1.165) is 0 Å². The smallest absolute Gasteiger partial charge is 0.308 e. The molecule has 0 bridgehead atoms. The summed E-state index contributed by atoms with van der Waals surface area (Å²) in [4.78, 5) is 50.0. The zero-order valence-corrected chi connectivity index (χ0v) is 22.1. The fraction of sp³-hybridized carbons (Fsp3) is 0.769. The normalized spacial score (nSPS) is 24.2. The molecule has 0 radical (unpaired) electrons. The first-order chi connectivity index (χ1) is 16.4. The van der Waals surface area contributed by atoms with Gasteiger partial charge in [-0.15, -0.1) is 6.58 Å². The maximum atomic E-state index is 12.9. The Morgan fingerprint density at radius 1 is 1.00 bits per heavy atom. The van der Waals surface area contributed by atoms with E-state index in [1.165, 1.54) is 0 Å². The lowest BCUT2D eigenvalue weighted by Crippen LogP contribution is -2.64. The highest BCUT2D eigenvalue weighted by atomic mass is 16.7. The fourth-order valence-electron chi connectivity index (χ4n) is 3.65. The van der Waals surface area contributed by atoms with E-state index in [2.05, 4.69) is 11.9 Å². The zero-order chi connectivity index (χ0) is 26.6. The summed E-state index contributed by atoms with van der Waals surface area (Å²) >= 11 is 0. The Morgan fingerprint density at radius 2 is 1.57 bits per heavy atom. The van der Waals surface area contributed by atoms with Gasteiger partial charge in [0.15, 0.2) is 6.61 Å². The molecule has 4 atom stereocenters. The minimum absolute atomic E-state index is 0.0972. The summed E-state index contributed by atoms with van der Waals surface area (Å²) in [6, 6.07) is -0.718. The number of ether oxygens (including phenoxy) is 4. The third-order valence-electron chi connectivity index (χ3n) is 5.46. The third kappa shape index (κ3) is 9.99. The fourth-order valence-corrected chi connectivity index (χ4v) is 3.65. The molecule has 0 aromatic heterocycles. The lowest BCUT2D eigenvalue weighted by atomic mass is 9.89. The molecule has 1 aliphatic rings. The van der Waals surface area contributed by atoms with Crippen molar-refractivity contribution in [3.05, 3.63) is 12.7 Å². The van der Waals surface area contributed by atoms with Crippen LogP contribution in [0.15, 0.2) is 12.7 Å². The molecule has 1 N–H and O–H groups in total. The van der Waals surface area contributed by atoms with Crippen LogP contribution in [0.5, 0.6) is 0 Å². The molecule has 0 saturated carbocycles. The number of hydrogen-bond donors (Lipinski definition) is 1.